The molecule has 0 saturated carbocycles. The van der Waals surface area contributed by atoms with Gasteiger partial charge in [0.1, 0.15) is 12.4 Å². The summed E-state index contributed by atoms with van der Waals surface area (Å²) in [7, 11) is 0. The minimum absolute atomic E-state index is 0.350. The lowest BCUT2D eigenvalue weighted by atomic mass is 9.93. The number of carbonyl (C=O) groups excluding carboxylic acids is 1. The maximum absolute atomic E-state index is 11.5. The van der Waals surface area contributed by atoms with Crippen molar-refractivity contribution in [3.63, 3.8) is 0 Å². The van der Waals surface area contributed by atoms with Crippen LogP contribution in [0.4, 0.5) is 0 Å². The van der Waals surface area contributed by atoms with Gasteiger partial charge >= 0.3 is 0 Å². The smallest absolute Gasteiger partial charge is 0.233 e. The molecule has 0 aliphatic carbocycles. The Morgan fingerprint density at radius 1 is 0.808 bits per heavy atom. The van der Waals surface area contributed by atoms with Crippen LogP contribution >= 0.6 is 11.6 Å². The molecule has 0 fully saturated rings. The van der Waals surface area contributed by atoms with E-state index in [1.165, 1.54) is 0 Å². The molecule has 26 heavy (non-hydrogen) atoms. The summed E-state index contributed by atoms with van der Waals surface area (Å²) in [6, 6.07) is 28.8. The summed E-state index contributed by atoms with van der Waals surface area (Å²) in [4.78, 5) is 11.5. The molecule has 0 amide bonds. The van der Waals surface area contributed by atoms with E-state index in [-0.39, 0.29) is 11.2 Å². The van der Waals surface area contributed by atoms with E-state index in [1.54, 1.807) is 0 Å². The van der Waals surface area contributed by atoms with E-state index in [0.29, 0.717) is 13.2 Å². The normalized spacial score (nSPS) is 9.96. The molecule has 0 aliphatic heterocycles. The minimum atomic E-state index is -0.371. The summed E-state index contributed by atoms with van der Waals surface area (Å²) in [6.45, 7) is 1.15. The predicted octanol–water partition coefficient (Wildman–Crippen LogP) is 4.61. The third-order valence-corrected chi connectivity index (χ3v) is 3.84. The van der Waals surface area contributed by atoms with Crippen LogP contribution in [0.1, 0.15) is 17.0 Å². The summed E-state index contributed by atoms with van der Waals surface area (Å²) in [5.41, 5.74) is 7.10. The molecule has 134 valence electrons. The van der Waals surface area contributed by atoms with E-state index in [1.807, 2.05) is 91.0 Å². The van der Waals surface area contributed by atoms with Gasteiger partial charge in [0.25, 0.3) is 0 Å². The number of benzene rings is 3. The summed E-state index contributed by atoms with van der Waals surface area (Å²) < 4.78 is 5.23. The van der Waals surface area contributed by atoms with Gasteiger partial charge in [0, 0.05) is 6.54 Å². The Morgan fingerprint density at radius 3 is 1.62 bits per heavy atom. The van der Waals surface area contributed by atoms with Crippen LogP contribution in [0.3, 0.4) is 0 Å². The van der Waals surface area contributed by atoms with Crippen LogP contribution in [-0.4, -0.2) is 18.4 Å². The molecule has 3 rings (SSSR count). The van der Waals surface area contributed by atoms with Crippen LogP contribution in [0.5, 0.6) is 5.75 Å². The van der Waals surface area contributed by atoms with Gasteiger partial charge in [-0.3, -0.25) is 4.79 Å². The van der Waals surface area contributed by atoms with Crippen molar-refractivity contribution in [2.24, 2.45) is 5.73 Å². The van der Waals surface area contributed by atoms with E-state index in [9.17, 15) is 4.79 Å². The van der Waals surface area contributed by atoms with Gasteiger partial charge in [-0.2, -0.15) is 0 Å². The summed E-state index contributed by atoms with van der Waals surface area (Å²) in [5, 5.41) is -0.350. The monoisotopic (exact) mass is 367 g/mol. The van der Waals surface area contributed by atoms with Crippen molar-refractivity contribution in [1.82, 2.24) is 0 Å². The minimum Gasteiger partial charge on any atom is -0.492 e. The van der Waals surface area contributed by atoms with Crippen LogP contribution in [0.15, 0.2) is 91.0 Å². The highest BCUT2D eigenvalue weighted by Crippen LogP contribution is 2.26. The first-order valence-corrected chi connectivity index (χ1v) is 8.77. The molecule has 0 spiro atoms. The van der Waals surface area contributed by atoms with E-state index < -0.39 is 0 Å². The second-order valence-electron chi connectivity index (χ2n) is 5.51. The standard InChI is InChI=1S/C14H11ClO.C8H11NO/c15-14(16)13(11-7-3-1-4-8-11)12-9-5-2-6-10-12;9-6-7-10-8-4-2-1-3-5-8/h1-10,13H;1-5H,6-7,9H2. The van der Waals surface area contributed by atoms with Gasteiger partial charge in [0.05, 0.1) is 5.92 Å². The first-order chi connectivity index (χ1) is 12.7. The zero-order valence-electron chi connectivity index (χ0n) is 14.4. The number of ether oxygens (including phenoxy) is 1. The summed E-state index contributed by atoms with van der Waals surface area (Å²) in [5.74, 6) is 0.511. The van der Waals surface area contributed by atoms with E-state index in [0.717, 1.165) is 16.9 Å². The third-order valence-electron chi connectivity index (χ3n) is 3.62. The van der Waals surface area contributed by atoms with Crippen molar-refractivity contribution < 1.29 is 9.53 Å². The highest BCUT2D eigenvalue weighted by molar-refractivity contribution is 6.65. The maximum Gasteiger partial charge on any atom is 0.233 e. The van der Waals surface area contributed by atoms with E-state index >= 15 is 0 Å². The van der Waals surface area contributed by atoms with Gasteiger partial charge in [-0.05, 0) is 34.9 Å². The van der Waals surface area contributed by atoms with Gasteiger partial charge in [0.15, 0.2) is 0 Å². The molecule has 0 aliphatic rings. The highest BCUT2D eigenvalue weighted by atomic mass is 35.5. The van der Waals surface area contributed by atoms with Crippen LogP contribution < -0.4 is 10.5 Å². The molecular weight excluding hydrogens is 346 g/mol. The van der Waals surface area contributed by atoms with Crippen molar-refractivity contribution in [3.8, 4) is 5.75 Å². The second-order valence-corrected chi connectivity index (χ2v) is 5.88. The van der Waals surface area contributed by atoms with Gasteiger partial charge in [0.2, 0.25) is 5.24 Å². The number of nitrogens with two attached hydrogens (primary N) is 1. The number of rotatable bonds is 6. The largest absolute Gasteiger partial charge is 0.492 e. The molecule has 0 aromatic heterocycles. The fraction of sp³-hybridized carbons (Fsp3) is 0.136. The Hall–Kier alpha value is -2.62. The average Bonchev–Trinajstić information content (AvgIpc) is 2.69. The Kier molecular flexibility index (Phi) is 8.40. The molecule has 3 nitrogen and oxygen atoms in total. The Labute approximate surface area is 159 Å². The average molecular weight is 368 g/mol. The molecule has 3 aromatic carbocycles. The van der Waals surface area contributed by atoms with Gasteiger partial charge in [-0.25, -0.2) is 0 Å². The Morgan fingerprint density at radius 2 is 1.23 bits per heavy atom. The summed E-state index contributed by atoms with van der Waals surface area (Å²) >= 11 is 5.67. The molecule has 0 heterocycles. The number of para-hydroxylation sites is 1. The van der Waals surface area contributed by atoms with E-state index in [2.05, 4.69) is 0 Å². The lowest BCUT2D eigenvalue weighted by Gasteiger charge is -2.12. The van der Waals surface area contributed by atoms with Crippen LogP contribution in [0, 0.1) is 0 Å². The fourth-order valence-electron chi connectivity index (χ4n) is 2.44. The molecule has 4 heteroatoms. The lowest BCUT2D eigenvalue weighted by Crippen LogP contribution is -2.10. The SMILES string of the molecule is NCCOc1ccccc1.O=C(Cl)C(c1ccccc1)c1ccccc1. The molecule has 0 radical (unpaired) electrons. The third kappa shape index (κ3) is 6.36. The molecule has 2 N–H and O–H groups in total. The van der Waals surface area contributed by atoms with Crippen LogP contribution in [0.25, 0.3) is 0 Å². The number of halogens is 1. The molecule has 0 saturated heterocycles. The maximum atomic E-state index is 11.5. The van der Waals surface area contributed by atoms with Crippen molar-refractivity contribution in [3.05, 3.63) is 102 Å². The zero-order chi connectivity index (χ0) is 18.6. The highest BCUT2D eigenvalue weighted by Gasteiger charge is 2.19. The lowest BCUT2D eigenvalue weighted by molar-refractivity contribution is -0.112. The van der Waals surface area contributed by atoms with Crippen molar-refractivity contribution >= 4 is 16.8 Å². The first-order valence-electron chi connectivity index (χ1n) is 8.39. The van der Waals surface area contributed by atoms with Crippen LogP contribution in [0.2, 0.25) is 0 Å². The molecular formula is C22H22ClNO2. The summed E-state index contributed by atoms with van der Waals surface area (Å²) in [6.07, 6.45) is 0. The quantitative estimate of drug-likeness (QED) is 0.647. The van der Waals surface area contributed by atoms with Crippen LogP contribution in [-0.2, 0) is 4.79 Å². The van der Waals surface area contributed by atoms with Gasteiger partial charge < -0.3 is 10.5 Å². The van der Waals surface area contributed by atoms with Crippen molar-refractivity contribution in [2.75, 3.05) is 13.2 Å². The Balaban J connectivity index is 0.000000209. The van der Waals surface area contributed by atoms with Gasteiger partial charge in [-0.15, -0.1) is 0 Å². The number of hydrogen-bond donors (Lipinski definition) is 1. The van der Waals surface area contributed by atoms with Crippen molar-refractivity contribution in [1.29, 1.82) is 0 Å². The van der Waals surface area contributed by atoms with Crippen molar-refractivity contribution in [2.45, 2.75) is 5.92 Å². The Bertz CT molecular complexity index is 724. The second kappa shape index (κ2) is 11.1. The number of carbonyl (C=O) groups is 1. The fourth-order valence-corrected chi connectivity index (χ4v) is 2.69. The molecule has 0 bridgehead atoms. The molecule has 0 unspecified atom stereocenters. The topological polar surface area (TPSA) is 52.3 Å². The number of hydrogen-bond acceptors (Lipinski definition) is 3. The van der Waals surface area contributed by atoms with Gasteiger partial charge in [-0.1, -0.05) is 78.9 Å². The molecule has 3 aromatic rings. The van der Waals surface area contributed by atoms with E-state index in [4.69, 9.17) is 22.1 Å². The zero-order valence-corrected chi connectivity index (χ0v) is 15.2. The molecule has 0 atom stereocenters. The first kappa shape index (κ1) is 19.7. The predicted molar refractivity (Wildman–Crippen MR) is 107 cm³/mol.